The van der Waals surface area contributed by atoms with Crippen LogP contribution in [0.3, 0.4) is 0 Å². The Morgan fingerprint density at radius 1 is 1.32 bits per heavy atom. The number of aryl methyl sites for hydroxylation is 1. The highest BCUT2D eigenvalue weighted by atomic mass is 79.9. The van der Waals surface area contributed by atoms with Crippen LogP contribution in [0.5, 0.6) is 0 Å². The molecule has 0 unspecified atom stereocenters. The summed E-state index contributed by atoms with van der Waals surface area (Å²) in [6, 6.07) is 4.85. The molecule has 0 aliphatic carbocycles. The molecular weight excluding hydrogens is 314 g/mol. The van der Waals surface area contributed by atoms with E-state index in [9.17, 15) is 14.9 Å². The van der Waals surface area contributed by atoms with Crippen LogP contribution in [0, 0.1) is 10.1 Å². The molecule has 0 aliphatic heterocycles. The Hall–Kier alpha value is -1.89. The second kappa shape index (κ2) is 5.40. The van der Waals surface area contributed by atoms with E-state index in [1.54, 1.807) is 29.1 Å². The van der Waals surface area contributed by atoms with E-state index in [-0.39, 0.29) is 11.4 Å². The van der Waals surface area contributed by atoms with E-state index in [1.165, 1.54) is 10.6 Å². The summed E-state index contributed by atoms with van der Waals surface area (Å²) in [5, 5.41) is 10.8. The molecule has 1 aromatic carbocycles. The van der Waals surface area contributed by atoms with Gasteiger partial charge in [-0.2, -0.15) is 0 Å². The second-order valence-corrected chi connectivity index (χ2v) is 4.89. The standard InChI is InChI=1S/C12H12BrN3O3/c1-2-14-5-6-15(12(14)17)8-9-3-4-10(13)11(7-9)16(18)19/h3-7H,2,8H2,1H3. The number of imidazole rings is 1. The zero-order valence-electron chi connectivity index (χ0n) is 10.2. The molecule has 19 heavy (non-hydrogen) atoms. The zero-order chi connectivity index (χ0) is 14.0. The third-order valence-electron chi connectivity index (χ3n) is 2.82. The van der Waals surface area contributed by atoms with Gasteiger partial charge in [0.25, 0.3) is 5.69 Å². The lowest BCUT2D eigenvalue weighted by Crippen LogP contribution is -2.23. The maximum absolute atomic E-state index is 11.9. The summed E-state index contributed by atoms with van der Waals surface area (Å²) in [7, 11) is 0. The van der Waals surface area contributed by atoms with Crippen molar-refractivity contribution in [3.05, 3.63) is 61.2 Å². The van der Waals surface area contributed by atoms with Crippen LogP contribution in [0.2, 0.25) is 0 Å². The van der Waals surface area contributed by atoms with Crippen LogP contribution in [0.25, 0.3) is 0 Å². The van der Waals surface area contributed by atoms with E-state index in [1.807, 2.05) is 6.92 Å². The summed E-state index contributed by atoms with van der Waals surface area (Å²) < 4.78 is 3.53. The van der Waals surface area contributed by atoms with Crippen LogP contribution >= 0.6 is 15.9 Å². The van der Waals surface area contributed by atoms with Gasteiger partial charge in [-0.15, -0.1) is 0 Å². The van der Waals surface area contributed by atoms with Gasteiger partial charge in [-0.05, 0) is 34.5 Å². The van der Waals surface area contributed by atoms with E-state index in [0.717, 1.165) is 0 Å². The molecule has 0 N–H and O–H groups in total. The lowest BCUT2D eigenvalue weighted by atomic mass is 10.2. The van der Waals surface area contributed by atoms with Gasteiger partial charge in [-0.3, -0.25) is 19.2 Å². The van der Waals surface area contributed by atoms with Crippen molar-refractivity contribution in [1.82, 2.24) is 9.13 Å². The monoisotopic (exact) mass is 325 g/mol. The fourth-order valence-corrected chi connectivity index (χ4v) is 2.20. The molecule has 1 aromatic heterocycles. The third kappa shape index (κ3) is 2.76. The highest BCUT2D eigenvalue weighted by Crippen LogP contribution is 2.25. The average Bonchev–Trinajstić information content (AvgIpc) is 2.72. The summed E-state index contributed by atoms with van der Waals surface area (Å²) in [5.74, 6) is 0. The first kappa shape index (κ1) is 13.5. The molecule has 0 spiro atoms. The van der Waals surface area contributed by atoms with Gasteiger partial charge in [0.05, 0.1) is 15.9 Å². The fourth-order valence-electron chi connectivity index (χ4n) is 1.81. The fraction of sp³-hybridized carbons (Fsp3) is 0.250. The Kier molecular flexibility index (Phi) is 3.84. The number of hydrogen-bond acceptors (Lipinski definition) is 3. The predicted octanol–water partition coefficient (Wildman–Crippen LogP) is 2.39. The largest absolute Gasteiger partial charge is 0.328 e. The normalized spacial score (nSPS) is 10.6. The molecule has 0 saturated carbocycles. The summed E-state index contributed by atoms with van der Waals surface area (Å²) >= 11 is 3.13. The van der Waals surface area contributed by atoms with E-state index in [4.69, 9.17) is 0 Å². The van der Waals surface area contributed by atoms with Crippen molar-refractivity contribution < 1.29 is 4.92 Å². The van der Waals surface area contributed by atoms with Gasteiger partial charge in [0.1, 0.15) is 0 Å². The average molecular weight is 326 g/mol. The first-order valence-corrected chi connectivity index (χ1v) is 6.50. The maximum atomic E-state index is 11.9. The Morgan fingerprint density at radius 3 is 2.58 bits per heavy atom. The molecular formula is C12H12BrN3O3. The number of benzene rings is 1. The molecule has 2 aromatic rings. The highest BCUT2D eigenvalue weighted by molar-refractivity contribution is 9.10. The molecule has 0 radical (unpaired) electrons. The minimum Gasteiger partial charge on any atom is -0.300 e. The van der Waals surface area contributed by atoms with Gasteiger partial charge in [0, 0.05) is 25.0 Å². The van der Waals surface area contributed by atoms with Crippen molar-refractivity contribution in [2.75, 3.05) is 0 Å². The van der Waals surface area contributed by atoms with E-state index in [0.29, 0.717) is 23.1 Å². The molecule has 2 rings (SSSR count). The molecule has 100 valence electrons. The quantitative estimate of drug-likeness (QED) is 0.640. The van der Waals surface area contributed by atoms with Crippen LogP contribution in [0.1, 0.15) is 12.5 Å². The van der Waals surface area contributed by atoms with Gasteiger partial charge >= 0.3 is 5.69 Å². The van der Waals surface area contributed by atoms with Gasteiger partial charge in [0.2, 0.25) is 0 Å². The molecule has 0 atom stereocenters. The Bertz CT molecular complexity index is 675. The summed E-state index contributed by atoms with van der Waals surface area (Å²) in [4.78, 5) is 22.3. The Balaban J connectivity index is 2.33. The number of hydrogen-bond donors (Lipinski definition) is 0. The van der Waals surface area contributed by atoms with Crippen molar-refractivity contribution in [2.24, 2.45) is 0 Å². The molecule has 0 fully saturated rings. The van der Waals surface area contributed by atoms with Crippen molar-refractivity contribution in [3.8, 4) is 0 Å². The van der Waals surface area contributed by atoms with E-state index < -0.39 is 4.92 Å². The first-order valence-electron chi connectivity index (χ1n) is 5.71. The van der Waals surface area contributed by atoms with Crippen molar-refractivity contribution in [3.63, 3.8) is 0 Å². The van der Waals surface area contributed by atoms with Gasteiger partial charge in [-0.25, -0.2) is 4.79 Å². The SMILES string of the molecule is CCn1ccn(Cc2ccc(Br)c([N+](=O)[O-])c2)c1=O. The number of rotatable bonds is 4. The zero-order valence-corrected chi connectivity index (χ0v) is 11.8. The topological polar surface area (TPSA) is 70.1 Å². The van der Waals surface area contributed by atoms with Crippen molar-refractivity contribution >= 4 is 21.6 Å². The summed E-state index contributed by atoms with van der Waals surface area (Å²) in [6.45, 7) is 2.81. The number of halogens is 1. The van der Waals surface area contributed by atoms with Crippen molar-refractivity contribution in [2.45, 2.75) is 20.0 Å². The third-order valence-corrected chi connectivity index (χ3v) is 3.49. The van der Waals surface area contributed by atoms with Crippen LogP contribution < -0.4 is 5.69 Å². The van der Waals surface area contributed by atoms with Crippen LogP contribution in [-0.2, 0) is 13.1 Å². The number of nitro benzene ring substituents is 1. The second-order valence-electron chi connectivity index (χ2n) is 4.04. The van der Waals surface area contributed by atoms with Gasteiger partial charge in [0.15, 0.2) is 0 Å². The number of nitrogens with zero attached hydrogens (tertiary/aromatic N) is 3. The Labute approximate surface area is 117 Å². The molecule has 1 heterocycles. The predicted molar refractivity (Wildman–Crippen MR) is 74.3 cm³/mol. The molecule has 0 aliphatic rings. The lowest BCUT2D eigenvalue weighted by Gasteiger charge is -2.03. The maximum Gasteiger partial charge on any atom is 0.328 e. The number of aromatic nitrogens is 2. The van der Waals surface area contributed by atoms with Crippen LogP contribution in [-0.4, -0.2) is 14.1 Å². The highest BCUT2D eigenvalue weighted by Gasteiger charge is 2.13. The molecule has 0 amide bonds. The van der Waals surface area contributed by atoms with Crippen LogP contribution in [0.4, 0.5) is 5.69 Å². The van der Waals surface area contributed by atoms with E-state index in [2.05, 4.69) is 15.9 Å². The van der Waals surface area contributed by atoms with Gasteiger partial charge in [-0.1, -0.05) is 6.07 Å². The van der Waals surface area contributed by atoms with Crippen LogP contribution in [0.15, 0.2) is 39.9 Å². The molecule has 0 saturated heterocycles. The summed E-state index contributed by atoms with van der Waals surface area (Å²) in [6.07, 6.45) is 3.38. The molecule has 0 bridgehead atoms. The lowest BCUT2D eigenvalue weighted by molar-refractivity contribution is -0.385. The molecule has 6 nitrogen and oxygen atoms in total. The minimum atomic E-state index is -0.451. The molecule has 7 heteroatoms. The smallest absolute Gasteiger partial charge is 0.300 e. The van der Waals surface area contributed by atoms with Gasteiger partial charge < -0.3 is 0 Å². The minimum absolute atomic E-state index is 0.000438. The first-order chi connectivity index (χ1) is 9.02. The van der Waals surface area contributed by atoms with Crippen molar-refractivity contribution in [1.29, 1.82) is 0 Å². The summed E-state index contributed by atoms with van der Waals surface area (Å²) in [5.41, 5.74) is 0.597. The Morgan fingerprint density at radius 2 is 2.00 bits per heavy atom. The number of nitro groups is 1. The van der Waals surface area contributed by atoms with E-state index >= 15 is 0 Å².